The van der Waals surface area contributed by atoms with E-state index in [1.54, 1.807) is 24.3 Å². The minimum atomic E-state index is -1.01. The van der Waals surface area contributed by atoms with E-state index < -0.39 is 5.97 Å². The van der Waals surface area contributed by atoms with Gasteiger partial charge in [-0.05, 0) is 49.0 Å². The smallest absolute Gasteiger partial charge is 0.328 e. The number of rotatable bonds is 6. The average Bonchev–Trinajstić information content (AvgIpc) is 2.59. The van der Waals surface area contributed by atoms with Gasteiger partial charge < -0.3 is 20.5 Å². The lowest BCUT2D eigenvalue weighted by atomic mass is 9.92. The maximum atomic E-state index is 11.9. The summed E-state index contributed by atoms with van der Waals surface area (Å²) in [6.45, 7) is 1.53. The van der Waals surface area contributed by atoms with E-state index in [1.807, 2.05) is 4.90 Å². The van der Waals surface area contributed by atoms with Crippen molar-refractivity contribution in [2.75, 3.05) is 13.1 Å². The molecule has 1 aliphatic heterocycles. The number of halogens is 1. The third-order valence-electron chi connectivity index (χ3n) is 4.24. The van der Waals surface area contributed by atoms with E-state index in [0.29, 0.717) is 18.1 Å². The van der Waals surface area contributed by atoms with Gasteiger partial charge in [0.2, 0.25) is 0 Å². The Bertz CT molecular complexity index is 653. The molecule has 0 spiro atoms. The second-order valence-electron chi connectivity index (χ2n) is 6.07. The Morgan fingerprint density at radius 1 is 1.27 bits per heavy atom. The van der Waals surface area contributed by atoms with Crippen LogP contribution in [0.4, 0.5) is 0 Å². The van der Waals surface area contributed by atoms with E-state index in [9.17, 15) is 9.59 Å². The van der Waals surface area contributed by atoms with Gasteiger partial charge in [-0.25, -0.2) is 4.79 Å². The van der Waals surface area contributed by atoms with E-state index in [-0.39, 0.29) is 24.3 Å². The van der Waals surface area contributed by atoms with Crippen LogP contribution in [0.5, 0.6) is 5.75 Å². The second kappa shape index (κ2) is 10.5. The summed E-state index contributed by atoms with van der Waals surface area (Å²) in [5.41, 5.74) is 6.19. The highest BCUT2D eigenvalue weighted by atomic mass is 35.5. The zero-order valence-corrected chi connectivity index (χ0v) is 15.2. The highest BCUT2D eigenvalue weighted by Crippen LogP contribution is 2.22. The first kappa shape index (κ1) is 21.5. The Balaban J connectivity index is 0.00000338. The summed E-state index contributed by atoms with van der Waals surface area (Å²) in [4.78, 5) is 24.3. The molecule has 4 N–H and O–H groups in total. The first-order valence-corrected chi connectivity index (χ1v) is 8.25. The average molecular weight is 382 g/mol. The maximum Gasteiger partial charge on any atom is 0.328 e. The number of nitrogens with two attached hydrogens (primary N) is 1. The number of hydrogen-bond donors (Lipinski definition) is 3. The van der Waals surface area contributed by atoms with Gasteiger partial charge in [0.1, 0.15) is 5.75 Å². The van der Waals surface area contributed by atoms with Gasteiger partial charge in [0.05, 0.1) is 0 Å². The maximum absolute atomic E-state index is 11.9. The number of carbonyl (C=O) groups is 2. The number of hydrogen-bond acceptors (Lipinski definition) is 4. The van der Waals surface area contributed by atoms with Crippen LogP contribution in [0.2, 0.25) is 0 Å². The SMILES string of the molecule is Cl.N=C(N)N1CCC(CCC(=O)Oc2ccc(C=CC(=O)O)cc2)CC1. The van der Waals surface area contributed by atoms with Gasteiger partial charge in [0, 0.05) is 25.6 Å². The van der Waals surface area contributed by atoms with Crippen molar-refractivity contribution in [2.24, 2.45) is 11.7 Å². The molecule has 1 aromatic rings. The third-order valence-corrected chi connectivity index (χ3v) is 4.24. The highest BCUT2D eigenvalue weighted by molar-refractivity contribution is 5.85. The Hall–Kier alpha value is -2.54. The zero-order chi connectivity index (χ0) is 18.2. The molecule has 1 aromatic carbocycles. The summed E-state index contributed by atoms with van der Waals surface area (Å²) in [6, 6.07) is 6.68. The predicted molar refractivity (Wildman–Crippen MR) is 101 cm³/mol. The Morgan fingerprint density at radius 3 is 2.42 bits per heavy atom. The molecule has 0 atom stereocenters. The van der Waals surface area contributed by atoms with Crippen LogP contribution in [-0.2, 0) is 9.59 Å². The van der Waals surface area contributed by atoms with Crippen molar-refractivity contribution >= 4 is 36.4 Å². The van der Waals surface area contributed by atoms with Crippen LogP contribution in [0, 0.1) is 11.3 Å². The largest absolute Gasteiger partial charge is 0.478 e. The number of esters is 1. The molecule has 142 valence electrons. The van der Waals surface area contributed by atoms with Gasteiger partial charge in [-0.2, -0.15) is 0 Å². The van der Waals surface area contributed by atoms with Gasteiger partial charge in [-0.3, -0.25) is 10.2 Å². The number of guanidine groups is 1. The lowest BCUT2D eigenvalue weighted by Crippen LogP contribution is -2.42. The fourth-order valence-corrected chi connectivity index (χ4v) is 2.78. The molecule has 1 heterocycles. The van der Waals surface area contributed by atoms with Gasteiger partial charge in [0.15, 0.2) is 5.96 Å². The summed E-state index contributed by atoms with van der Waals surface area (Å²) in [5, 5.41) is 16.0. The third kappa shape index (κ3) is 7.14. The lowest BCUT2D eigenvalue weighted by Gasteiger charge is -2.31. The number of nitrogens with zero attached hydrogens (tertiary/aromatic N) is 1. The Morgan fingerprint density at radius 2 is 1.88 bits per heavy atom. The van der Waals surface area contributed by atoms with Crippen LogP contribution >= 0.6 is 12.4 Å². The molecular formula is C18H24ClN3O4. The normalized spacial score (nSPS) is 14.7. The zero-order valence-electron chi connectivity index (χ0n) is 14.4. The summed E-state index contributed by atoms with van der Waals surface area (Å²) < 4.78 is 5.30. The number of piperidine rings is 1. The van der Waals surface area contributed by atoms with E-state index in [4.69, 9.17) is 21.0 Å². The topological polar surface area (TPSA) is 117 Å². The van der Waals surface area contributed by atoms with Crippen LogP contribution in [0.3, 0.4) is 0 Å². The summed E-state index contributed by atoms with van der Waals surface area (Å²) in [5.74, 6) is -0.275. The molecule has 0 radical (unpaired) electrons. The molecule has 26 heavy (non-hydrogen) atoms. The predicted octanol–water partition coefficient (Wildman–Crippen LogP) is 2.50. The summed E-state index contributed by atoms with van der Waals surface area (Å²) in [7, 11) is 0. The van der Waals surface area contributed by atoms with Gasteiger partial charge in [-0.15, -0.1) is 12.4 Å². The van der Waals surface area contributed by atoms with Crippen molar-refractivity contribution in [2.45, 2.75) is 25.7 Å². The van der Waals surface area contributed by atoms with Crippen LogP contribution in [-0.4, -0.2) is 41.0 Å². The first-order chi connectivity index (χ1) is 11.9. The van der Waals surface area contributed by atoms with Gasteiger partial charge in [0.25, 0.3) is 0 Å². The van der Waals surface area contributed by atoms with Crippen LogP contribution in [0.1, 0.15) is 31.2 Å². The van der Waals surface area contributed by atoms with Crippen molar-refractivity contribution in [1.29, 1.82) is 5.41 Å². The number of nitrogens with one attached hydrogen (secondary N) is 1. The van der Waals surface area contributed by atoms with E-state index in [0.717, 1.165) is 44.0 Å². The molecule has 1 aliphatic rings. The van der Waals surface area contributed by atoms with Crippen molar-refractivity contribution < 1.29 is 19.4 Å². The van der Waals surface area contributed by atoms with Crippen LogP contribution in [0.25, 0.3) is 6.08 Å². The second-order valence-corrected chi connectivity index (χ2v) is 6.07. The molecule has 1 saturated heterocycles. The number of carboxylic acid groups (broad SMARTS) is 1. The Kier molecular flexibility index (Phi) is 8.64. The van der Waals surface area contributed by atoms with E-state index in [2.05, 4.69) is 0 Å². The van der Waals surface area contributed by atoms with Crippen LogP contribution in [0.15, 0.2) is 30.3 Å². The lowest BCUT2D eigenvalue weighted by molar-refractivity contribution is -0.135. The number of aliphatic carboxylic acids is 1. The number of likely N-dealkylation sites (tertiary alicyclic amines) is 1. The monoisotopic (exact) mass is 381 g/mol. The molecule has 0 aromatic heterocycles. The molecule has 0 saturated carbocycles. The summed E-state index contributed by atoms with van der Waals surface area (Å²) >= 11 is 0. The number of carboxylic acids is 1. The van der Waals surface area contributed by atoms with Crippen molar-refractivity contribution in [3.8, 4) is 5.75 Å². The minimum Gasteiger partial charge on any atom is -0.478 e. The van der Waals surface area contributed by atoms with Crippen molar-refractivity contribution in [1.82, 2.24) is 4.90 Å². The van der Waals surface area contributed by atoms with Gasteiger partial charge in [-0.1, -0.05) is 12.1 Å². The van der Waals surface area contributed by atoms with E-state index >= 15 is 0 Å². The van der Waals surface area contributed by atoms with Gasteiger partial charge >= 0.3 is 11.9 Å². The fraction of sp³-hybridized carbons (Fsp3) is 0.389. The van der Waals surface area contributed by atoms with Crippen molar-refractivity contribution in [3.05, 3.63) is 35.9 Å². The summed E-state index contributed by atoms with van der Waals surface area (Å²) in [6.07, 6.45) is 5.50. The van der Waals surface area contributed by atoms with E-state index in [1.165, 1.54) is 6.08 Å². The molecule has 0 unspecified atom stereocenters. The molecule has 1 fully saturated rings. The molecule has 7 nitrogen and oxygen atoms in total. The minimum absolute atomic E-state index is 0. The first-order valence-electron chi connectivity index (χ1n) is 8.25. The quantitative estimate of drug-likeness (QED) is 0.229. The molecule has 0 amide bonds. The number of carbonyl (C=O) groups excluding carboxylic acids is 1. The molecule has 2 rings (SSSR count). The highest BCUT2D eigenvalue weighted by Gasteiger charge is 2.20. The Labute approximate surface area is 158 Å². The molecule has 8 heteroatoms. The molecule has 0 aliphatic carbocycles. The van der Waals surface area contributed by atoms with Crippen LogP contribution < -0.4 is 10.5 Å². The van der Waals surface area contributed by atoms with Crippen molar-refractivity contribution in [3.63, 3.8) is 0 Å². The number of ether oxygens (including phenoxy) is 1. The molecular weight excluding hydrogens is 358 g/mol. The fourth-order valence-electron chi connectivity index (χ4n) is 2.78. The molecule has 0 bridgehead atoms. The number of benzene rings is 1. The standard InChI is InChI=1S/C18H23N3O4.ClH/c19-18(20)21-11-9-14(10-12-21)4-8-17(24)25-15-5-1-13(2-6-15)3-7-16(22)23;/h1-3,5-7,14H,4,8-12H2,(H3,19,20)(H,22,23);1H.